The van der Waals surface area contributed by atoms with Crippen molar-refractivity contribution >= 4 is 11.3 Å². The van der Waals surface area contributed by atoms with E-state index in [2.05, 4.69) is 23.7 Å². The number of rotatable bonds is 4. The van der Waals surface area contributed by atoms with Crippen LogP contribution < -0.4 is 5.73 Å². The second-order valence-corrected chi connectivity index (χ2v) is 6.80. The average Bonchev–Trinajstić information content (AvgIpc) is 2.68. The largest absolute Gasteiger partial charge is 0.326 e. The molecule has 0 aromatic carbocycles. The Labute approximate surface area is 114 Å². The zero-order valence-corrected chi connectivity index (χ0v) is 12.4. The lowest BCUT2D eigenvalue weighted by atomic mass is 9.90. The van der Waals surface area contributed by atoms with Crippen LogP contribution in [0.2, 0.25) is 0 Å². The van der Waals surface area contributed by atoms with Gasteiger partial charge in [0.25, 0.3) is 0 Å². The highest BCUT2D eigenvalue weighted by molar-refractivity contribution is 7.09. The molecule has 1 atom stereocenters. The van der Waals surface area contributed by atoms with Crippen LogP contribution in [0.25, 0.3) is 0 Å². The van der Waals surface area contributed by atoms with E-state index in [0.29, 0.717) is 0 Å². The molecule has 2 N–H and O–H groups in total. The van der Waals surface area contributed by atoms with E-state index in [4.69, 9.17) is 5.73 Å². The first-order valence-electron chi connectivity index (χ1n) is 6.98. The second-order valence-electron chi connectivity index (χ2n) is 5.83. The Hall–Kier alpha value is -0.450. The standard InChI is InChI=1S/C14H25N3S/c1-14(2,17-7-5-3-4-6-8-17)13(15)9-12-10-16-11-18-12/h10-11,13H,3-9,15H2,1-2H3. The minimum absolute atomic E-state index is 0.0777. The number of likely N-dealkylation sites (tertiary alicyclic amines) is 1. The molecule has 2 heterocycles. The lowest BCUT2D eigenvalue weighted by molar-refractivity contribution is 0.0981. The topological polar surface area (TPSA) is 42.1 Å². The van der Waals surface area contributed by atoms with Crippen molar-refractivity contribution in [2.24, 2.45) is 5.73 Å². The van der Waals surface area contributed by atoms with Crippen LogP contribution in [-0.4, -0.2) is 34.6 Å². The van der Waals surface area contributed by atoms with Crippen molar-refractivity contribution in [3.8, 4) is 0 Å². The fraction of sp³-hybridized carbons (Fsp3) is 0.786. The Bertz CT molecular complexity index is 340. The summed E-state index contributed by atoms with van der Waals surface area (Å²) in [5, 5.41) is 0. The molecule has 1 aliphatic heterocycles. The van der Waals surface area contributed by atoms with Crippen LogP contribution in [0.1, 0.15) is 44.4 Å². The number of aromatic nitrogens is 1. The quantitative estimate of drug-likeness (QED) is 0.912. The van der Waals surface area contributed by atoms with Crippen molar-refractivity contribution in [3.05, 3.63) is 16.6 Å². The molecule has 1 aromatic rings. The van der Waals surface area contributed by atoms with E-state index >= 15 is 0 Å². The molecule has 0 aliphatic carbocycles. The minimum Gasteiger partial charge on any atom is -0.326 e. The van der Waals surface area contributed by atoms with Crippen LogP contribution in [0.4, 0.5) is 0 Å². The molecule has 4 heteroatoms. The Morgan fingerprint density at radius 1 is 1.33 bits per heavy atom. The summed E-state index contributed by atoms with van der Waals surface area (Å²) in [6.45, 7) is 6.99. The molecule has 0 bridgehead atoms. The maximum absolute atomic E-state index is 6.46. The summed E-state index contributed by atoms with van der Waals surface area (Å²) in [6.07, 6.45) is 8.26. The first-order valence-corrected chi connectivity index (χ1v) is 7.86. The average molecular weight is 267 g/mol. The monoisotopic (exact) mass is 267 g/mol. The van der Waals surface area contributed by atoms with Crippen LogP contribution in [-0.2, 0) is 6.42 Å². The molecule has 3 nitrogen and oxygen atoms in total. The van der Waals surface area contributed by atoms with Crippen molar-refractivity contribution in [1.29, 1.82) is 0 Å². The van der Waals surface area contributed by atoms with Gasteiger partial charge in [-0.1, -0.05) is 12.8 Å². The summed E-state index contributed by atoms with van der Waals surface area (Å²) in [7, 11) is 0. The van der Waals surface area contributed by atoms with Gasteiger partial charge in [-0.2, -0.15) is 0 Å². The van der Waals surface area contributed by atoms with Crippen LogP contribution in [0, 0.1) is 0 Å². The zero-order chi connectivity index (χ0) is 13.0. The third-order valence-corrected chi connectivity index (χ3v) is 5.04. The summed E-state index contributed by atoms with van der Waals surface area (Å²) in [4.78, 5) is 8.02. The molecule has 2 rings (SSSR count). The molecule has 0 spiro atoms. The van der Waals surface area contributed by atoms with Crippen LogP contribution in [0.3, 0.4) is 0 Å². The van der Waals surface area contributed by atoms with Gasteiger partial charge >= 0.3 is 0 Å². The SMILES string of the molecule is CC(C)(C(N)Cc1cncs1)N1CCCCCC1. The van der Waals surface area contributed by atoms with Gasteiger partial charge in [-0.05, 0) is 39.8 Å². The van der Waals surface area contributed by atoms with Crippen molar-refractivity contribution in [2.75, 3.05) is 13.1 Å². The van der Waals surface area contributed by atoms with Crippen molar-refractivity contribution in [3.63, 3.8) is 0 Å². The Balaban J connectivity index is 1.99. The van der Waals surface area contributed by atoms with Gasteiger partial charge < -0.3 is 5.73 Å². The summed E-state index contributed by atoms with van der Waals surface area (Å²) >= 11 is 1.71. The Morgan fingerprint density at radius 2 is 2.00 bits per heavy atom. The van der Waals surface area contributed by atoms with E-state index in [1.165, 1.54) is 43.6 Å². The van der Waals surface area contributed by atoms with Gasteiger partial charge in [-0.15, -0.1) is 11.3 Å². The van der Waals surface area contributed by atoms with Gasteiger partial charge in [0.1, 0.15) is 0 Å². The highest BCUT2D eigenvalue weighted by Crippen LogP contribution is 2.25. The van der Waals surface area contributed by atoms with Gasteiger partial charge in [0.2, 0.25) is 0 Å². The van der Waals surface area contributed by atoms with E-state index in [9.17, 15) is 0 Å². The number of nitrogens with zero attached hydrogens (tertiary/aromatic N) is 2. The number of nitrogens with two attached hydrogens (primary N) is 1. The van der Waals surface area contributed by atoms with Crippen LogP contribution in [0.15, 0.2) is 11.7 Å². The van der Waals surface area contributed by atoms with E-state index in [0.717, 1.165) is 6.42 Å². The lowest BCUT2D eigenvalue weighted by Crippen LogP contribution is -2.57. The molecule has 1 fully saturated rings. The van der Waals surface area contributed by atoms with E-state index in [1.807, 2.05) is 11.7 Å². The summed E-state index contributed by atoms with van der Waals surface area (Å²) < 4.78 is 0. The molecular formula is C14H25N3S. The van der Waals surface area contributed by atoms with Gasteiger partial charge in [-0.3, -0.25) is 9.88 Å². The van der Waals surface area contributed by atoms with Gasteiger partial charge in [0, 0.05) is 29.1 Å². The normalized spacial score (nSPS) is 20.6. The Morgan fingerprint density at radius 3 is 2.56 bits per heavy atom. The van der Waals surface area contributed by atoms with E-state index in [-0.39, 0.29) is 11.6 Å². The predicted molar refractivity (Wildman–Crippen MR) is 77.9 cm³/mol. The Kier molecular flexibility index (Phi) is 4.76. The molecule has 18 heavy (non-hydrogen) atoms. The highest BCUT2D eigenvalue weighted by Gasteiger charge is 2.33. The molecule has 102 valence electrons. The van der Waals surface area contributed by atoms with Crippen molar-refractivity contribution in [2.45, 2.75) is 57.5 Å². The van der Waals surface area contributed by atoms with Crippen molar-refractivity contribution in [1.82, 2.24) is 9.88 Å². The van der Waals surface area contributed by atoms with Gasteiger partial charge in [0.15, 0.2) is 0 Å². The predicted octanol–water partition coefficient (Wildman–Crippen LogP) is 2.67. The van der Waals surface area contributed by atoms with E-state index in [1.54, 1.807) is 11.3 Å². The first kappa shape index (κ1) is 14.0. The van der Waals surface area contributed by atoms with Crippen LogP contribution >= 0.6 is 11.3 Å². The molecule has 0 saturated carbocycles. The number of thiazole rings is 1. The third kappa shape index (κ3) is 3.31. The van der Waals surface area contributed by atoms with E-state index < -0.39 is 0 Å². The fourth-order valence-corrected chi connectivity index (χ4v) is 3.35. The zero-order valence-electron chi connectivity index (χ0n) is 11.6. The molecule has 1 aromatic heterocycles. The maximum atomic E-state index is 6.46. The molecular weight excluding hydrogens is 242 g/mol. The number of hydrogen-bond donors (Lipinski definition) is 1. The third-order valence-electron chi connectivity index (χ3n) is 4.23. The second kappa shape index (κ2) is 6.13. The molecule has 1 aliphatic rings. The smallest absolute Gasteiger partial charge is 0.0794 e. The molecule has 1 unspecified atom stereocenters. The summed E-state index contributed by atoms with van der Waals surface area (Å²) in [6, 6.07) is 0.177. The maximum Gasteiger partial charge on any atom is 0.0794 e. The molecule has 0 radical (unpaired) electrons. The molecule has 1 saturated heterocycles. The fourth-order valence-electron chi connectivity index (χ4n) is 2.69. The minimum atomic E-state index is 0.0777. The van der Waals surface area contributed by atoms with Crippen molar-refractivity contribution < 1.29 is 0 Å². The van der Waals surface area contributed by atoms with Crippen LogP contribution in [0.5, 0.6) is 0 Å². The summed E-state index contributed by atoms with van der Waals surface area (Å²) in [5.74, 6) is 0. The molecule has 0 amide bonds. The lowest BCUT2D eigenvalue weighted by Gasteiger charge is -2.42. The van der Waals surface area contributed by atoms with Gasteiger partial charge in [0.05, 0.1) is 5.51 Å². The number of hydrogen-bond acceptors (Lipinski definition) is 4. The highest BCUT2D eigenvalue weighted by atomic mass is 32.1. The summed E-state index contributed by atoms with van der Waals surface area (Å²) in [5.41, 5.74) is 8.43. The first-order chi connectivity index (χ1) is 8.60. The van der Waals surface area contributed by atoms with Gasteiger partial charge in [-0.25, -0.2) is 0 Å².